The van der Waals surface area contributed by atoms with Gasteiger partial charge in [0, 0.05) is 5.22 Å². The summed E-state index contributed by atoms with van der Waals surface area (Å²) >= 11 is 12.2. The fraction of sp³-hybridized carbons (Fsp3) is 0.200. The first-order valence-electron chi connectivity index (χ1n) is 4.03. The third kappa shape index (κ3) is 1.67. The van der Waals surface area contributed by atoms with Crippen molar-refractivity contribution in [3.8, 4) is 0 Å². The molecule has 1 N–H and O–H groups in total. The Bertz CT molecular complexity index is 448. The normalized spacial score (nSPS) is 25.9. The third-order valence-corrected chi connectivity index (χ3v) is 2.48. The molecule has 3 heteroatoms. The Balaban J connectivity index is 2.81. The summed E-state index contributed by atoms with van der Waals surface area (Å²) in [6.07, 6.45) is 1.95. The molecule has 1 aromatic rings. The van der Waals surface area contributed by atoms with Crippen molar-refractivity contribution in [3.63, 3.8) is 0 Å². The van der Waals surface area contributed by atoms with E-state index < -0.39 is 5.00 Å². The van der Waals surface area contributed by atoms with Gasteiger partial charge in [-0.2, -0.15) is 0 Å². The van der Waals surface area contributed by atoms with Crippen LogP contribution in [0.4, 0.5) is 0 Å². The molecular formula is C10H9Cl2N. The Morgan fingerprint density at radius 3 is 2.77 bits per heavy atom. The molecule has 1 aliphatic rings. The largest absolute Gasteiger partial charge is 0.354 e. The maximum atomic E-state index is 6.12. The van der Waals surface area contributed by atoms with Crippen LogP contribution in [0.25, 0.3) is 11.2 Å². The van der Waals surface area contributed by atoms with Gasteiger partial charge in [0.05, 0.1) is 0 Å². The molecule has 1 unspecified atom stereocenters. The number of rotatable bonds is 0. The highest BCUT2D eigenvalue weighted by Gasteiger charge is 2.20. The lowest BCUT2D eigenvalue weighted by Crippen LogP contribution is -2.45. The molecule has 0 amide bonds. The Morgan fingerprint density at radius 1 is 1.31 bits per heavy atom. The van der Waals surface area contributed by atoms with Gasteiger partial charge >= 0.3 is 0 Å². The summed E-state index contributed by atoms with van der Waals surface area (Å²) in [5.41, 5.74) is 0. The smallest absolute Gasteiger partial charge is 0.130 e. The zero-order chi connectivity index (χ0) is 9.47. The second-order valence-electron chi connectivity index (χ2n) is 3.25. The van der Waals surface area contributed by atoms with E-state index in [9.17, 15) is 0 Å². The highest BCUT2D eigenvalue weighted by molar-refractivity contribution is 6.45. The molecule has 1 aromatic carbocycles. The lowest BCUT2D eigenvalue weighted by molar-refractivity contribution is 0.742. The van der Waals surface area contributed by atoms with Gasteiger partial charge in [-0.1, -0.05) is 47.5 Å². The molecule has 0 saturated heterocycles. The average Bonchev–Trinajstić information content (AvgIpc) is 2.02. The molecule has 0 aliphatic carbocycles. The highest BCUT2D eigenvalue weighted by atomic mass is 35.5. The minimum atomic E-state index is -0.578. The fourth-order valence-electron chi connectivity index (χ4n) is 1.43. The zero-order valence-electron chi connectivity index (χ0n) is 7.14. The molecule has 0 saturated carbocycles. The predicted octanol–water partition coefficient (Wildman–Crippen LogP) is 1.33. The number of nitrogens with one attached hydrogen (secondary N) is 1. The van der Waals surface area contributed by atoms with Gasteiger partial charge in [0.1, 0.15) is 10.2 Å². The first-order valence-corrected chi connectivity index (χ1v) is 4.79. The Kier molecular flexibility index (Phi) is 2.01. The second kappa shape index (κ2) is 2.93. The van der Waals surface area contributed by atoms with E-state index in [1.807, 2.05) is 37.3 Å². The van der Waals surface area contributed by atoms with Crippen molar-refractivity contribution in [1.29, 1.82) is 0 Å². The van der Waals surface area contributed by atoms with Crippen LogP contribution in [0.2, 0.25) is 0 Å². The van der Waals surface area contributed by atoms with E-state index >= 15 is 0 Å². The molecule has 0 spiro atoms. The van der Waals surface area contributed by atoms with E-state index in [0.29, 0.717) is 5.16 Å². The summed E-state index contributed by atoms with van der Waals surface area (Å²) in [4.78, 5) is -0.578. The van der Waals surface area contributed by atoms with E-state index in [0.717, 1.165) is 10.4 Å². The molecule has 68 valence electrons. The van der Waals surface area contributed by atoms with Crippen molar-refractivity contribution in [2.24, 2.45) is 0 Å². The minimum absolute atomic E-state index is 0.578. The lowest BCUT2D eigenvalue weighted by atomic mass is 10.1. The van der Waals surface area contributed by atoms with Crippen LogP contribution in [0.3, 0.4) is 0 Å². The fourth-order valence-corrected chi connectivity index (χ4v) is 2.06. The van der Waals surface area contributed by atoms with Gasteiger partial charge in [0.2, 0.25) is 0 Å². The molecule has 1 heterocycles. The van der Waals surface area contributed by atoms with Gasteiger partial charge in [0.25, 0.3) is 0 Å². The number of benzene rings is 1. The van der Waals surface area contributed by atoms with Gasteiger partial charge < -0.3 is 5.32 Å². The summed E-state index contributed by atoms with van der Waals surface area (Å²) in [5.74, 6) is 0. The van der Waals surface area contributed by atoms with Crippen LogP contribution < -0.4 is 15.8 Å². The third-order valence-electron chi connectivity index (χ3n) is 1.98. The van der Waals surface area contributed by atoms with Crippen LogP contribution in [0.1, 0.15) is 6.92 Å². The lowest BCUT2D eigenvalue weighted by Gasteiger charge is -2.23. The van der Waals surface area contributed by atoms with Crippen molar-refractivity contribution in [1.82, 2.24) is 5.32 Å². The first kappa shape index (κ1) is 8.92. The molecule has 1 atom stereocenters. The SMILES string of the molecule is CC1(Cl)C=c2ccccc2=C(Cl)N1. The number of hydrogen-bond acceptors (Lipinski definition) is 1. The van der Waals surface area contributed by atoms with Gasteiger partial charge in [-0.25, -0.2) is 0 Å². The van der Waals surface area contributed by atoms with E-state index in [-0.39, 0.29) is 0 Å². The summed E-state index contributed by atoms with van der Waals surface area (Å²) in [6, 6.07) is 7.89. The van der Waals surface area contributed by atoms with Gasteiger partial charge in [-0.3, -0.25) is 0 Å². The van der Waals surface area contributed by atoms with Crippen molar-refractivity contribution >= 4 is 34.4 Å². The van der Waals surface area contributed by atoms with Crippen LogP contribution in [0.5, 0.6) is 0 Å². The zero-order valence-corrected chi connectivity index (χ0v) is 8.65. The Hall–Kier alpha value is -0.660. The summed E-state index contributed by atoms with van der Waals surface area (Å²) in [7, 11) is 0. The van der Waals surface area contributed by atoms with Crippen molar-refractivity contribution in [2.75, 3.05) is 0 Å². The number of hydrogen-bond donors (Lipinski definition) is 1. The van der Waals surface area contributed by atoms with Crippen LogP contribution in [0, 0.1) is 0 Å². The van der Waals surface area contributed by atoms with Crippen LogP contribution in [-0.4, -0.2) is 5.00 Å². The topological polar surface area (TPSA) is 12.0 Å². The van der Waals surface area contributed by atoms with Crippen molar-refractivity contribution in [3.05, 3.63) is 34.7 Å². The molecule has 13 heavy (non-hydrogen) atoms. The van der Waals surface area contributed by atoms with Crippen LogP contribution in [-0.2, 0) is 0 Å². The standard InChI is InChI=1S/C10H9Cl2N/c1-10(12)6-7-4-2-3-5-8(7)9(11)13-10/h2-6,13H,1H3. The quantitative estimate of drug-likeness (QED) is 0.507. The van der Waals surface area contributed by atoms with E-state index in [1.54, 1.807) is 0 Å². The van der Waals surface area contributed by atoms with E-state index in [1.165, 1.54) is 0 Å². The van der Waals surface area contributed by atoms with Gasteiger partial charge in [-0.15, -0.1) is 0 Å². The molecule has 1 nitrogen and oxygen atoms in total. The Labute approximate surface area is 86.7 Å². The minimum Gasteiger partial charge on any atom is -0.354 e. The van der Waals surface area contributed by atoms with Gasteiger partial charge in [0.15, 0.2) is 0 Å². The molecule has 0 bridgehead atoms. The van der Waals surface area contributed by atoms with Crippen LogP contribution >= 0.6 is 23.2 Å². The molecule has 0 radical (unpaired) electrons. The number of alkyl halides is 1. The van der Waals surface area contributed by atoms with Crippen LogP contribution in [0.15, 0.2) is 24.3 Å². The summed E-state index contributed by atoms with van der Waals surface area (Å²) in [5, 5.41) is 5.69. The molecule has 2 rings (SSSR count). The monoisotopic (exact) mass is 213 g/mol. The predicted molar refractivity (Wildman–Crippen MR) is 56.8 cm³/mol. The summed E-state index contributed by atoms with van der Waals surface area (Å²) in [6.45, 7) is 1.87. The number of halogens is 2. The summed E-state index contributed by atoms with van der Waals surface area (Å²) < 4.78 is 0. The Morgan fingerprint density at radius 2 is 2.00 bits per heavy atom. The maximum Gasteiger partial charge on any atom is 0.130 e. The highest BCUT2D eigenvalue weighted by Crippen LogP contribution is 2.16. The second-order valence-corrected chi connectivity index (χ2v) is 4.41. The molecule has 0 aromatic heterocycles. The molecular weight excluding hydrogens is 205 g/mol. The van der Waals surface area contributed by atoms with Gasteiger partial charge in [-0.05, 0) is 18.2 Å². The molecule has 0 fully saturated rings. The maximum absolute atomic E-state index is 6.12. The van der Waals surface area contributed by atoms with E-state index in [4.69, 9.17) is 23.2 Å². The average molecular weight is 214 g/mol. The van der Waals surface area contributed by atoms with E-state index in [2.05, 4.69) is 5.32 Å². The number of fused-ring (bicyclic) bond motifs is 1. The van der Waals surface area contributed by atoms with Crippen molar-refractivity contribution < 1.29 is 0 Å². The first-order chi connectivity index (χ1) is 6.08. The molecule has 1 aliphatic heterocycles. The van der Waals surface area contributed by atoms with Crippen molar-refractivity contribution in [2.45, 2.75) is 11.9 Å².